The number of terminal acetylenes is 1. The number of β-lactam (4-membered cyclic amide) rings is 1. The molecule has 8 heteroatoms. The highest BCUT2D eigenvalue weighted by molar-refractivity contribution is 8.00. The van der Waals surface area contributed by atoms with E-state index in [1.54, 1.807) is 32.5 Å². The van der Waals surface area contributed by atoms with Crippen molar-refractivity contribution in [3.05, 3.63) is 11.3 Å². The highest BCUT2D eigenvalue weighted by Crippen LogP contribution is 2.40. The van der Waals surface area contributed by atoms with Crippen molar-refractivity contribution in [3.63, 3.8) is 0 Å². The van der Waals surface area contributed by atoms with Gasteiger partial charge in [0, 0.05) is 12.2 Å². The van der Waals surface area contributed by atoms with Crippen molar-refractivity contribution in [1.29, 1.82) is 0 Å². The third-order valence-electron chi connectivity index (χ3n) is 3.59. The number of nitrogens with two attached hydrogens (primary N) is 1. The van der Waals surface area contributed by atoms with Gasteiger partial charge in [-0.1, -0.05) is 0 Å². The molecule has 1 amide bonds. The Morgan fingerprint density at radius 3 is 2.75 bits per heavy atom. The van der Waals surface area contributed by atoms with E-state index in [0.717, 1.165) is 5.57 Å². The third-order valence-corrected chi connectivity index (χ3v) is 5.26. The van der Waals surface area contributed by atoms with Gasteiger partial charge in [0.2, 0.25) is 17.8 Å². The van der Waals surface area contributed by atoms with E-state index < -0.39 is 17.4 Å². The van der Waals surface area contributed by atoms with Crippen LogP contribution in [-0.4, -0.2) is 45.8 Å². The molecular formula is C16H20N2O4S2. The Morgan fingerprint density at radius 1 is 1.50 bits per heavy atom. The Labute approximate surface area is 151 Å². The Morgan fingerprint density at radius 2 is 2.17 bits per heavy atom. The molecule has 2 heterocycles. The lowest BCUT2D eigenvalue weighted by Crippen LogP contribution is -2.68. The van der Waals surface area contributed by atoms with E-state index in [1.165, 1.54) is 4.90 Å². The molecule has 0 unspecified atom stereocenters. The summed E-state index contributed by atoms with van der Waals surface area (Å²) in [7, 11) is 0. The fourth-order valence-electron chi connectivity index (χ4n) is 2.25. The zero-order valence-corrected chi connectivity index (χ0v) is 15.5. The normalized spacial score (nSPS) is 23.1. The molecule has 0 aromatic rings. The topological polar surface area (TPSA) is 81.9 Å². The van der Waals surface area contributed by atoms with Crippen LogP contribution in [0.5, 0.6) is 0 Å². The van der Waals surface area contributed by atoms with E-state index in [0.29, 0.717) is 17.9 Å². The summed E-state index contributed by atoms with van der Waals surface area (Å²) >= 11 is 6.83. The van der Waals surface area contributed by atoms with Crippen LogP contribution in [0.2, 0.25) is 0 Å². The molecule has 2 aliphatic rings. The smallest absolute Gasteiger partial charge is 0.314 e. The van der Waals surface area contributed by atoms with Crippen LogP contribution >= 0.6 is 24.0 Å². The Hall–Kier alpha value is -1.56. The molecule has 0 aromatic carbocycles. The van der Waals surface area contributed by atoms with Crippen molar-refractivity contribution in [2.45, 2.75) is 38.6 Å². The number of amides is 1. The number of thiocarbonyl (C=S) groups is 1. The van der Waals surface area contributed by atoms with Crippen LogP contribution in [0.25, 0.3) is 0 Å². The molecule has 2 atom stereocenters. The van der Waals surface area contributed by atoms with Crippen LogP contribution in [0, 0.1) is 17.8 Å². The first kappa shape index (κ1) is 18.8. The number of carbonyl (C=O) groups is 2. The lowest BCUT2D eigenvalue weighted by molar-refractivity contribution is -0.160. The van der Waals surface area contributed by atoms with Crippen LogP contribution in [0.4, 0.5) is 0 Å². The number of ether oxygens (including phenoxy) is 2. The Kier molecular flexibility index (Phi) is 5.58. The first-order chi connectivity index (χ1) is 11.2. The molecule has 0 radical (unpaired) electrons. The van der Waals surface area contributed by atoms with Gasteiger partial charge in [0.05, 0.1) is 5.41 Å². The Bertz CT molecular complexity index is 645. The molecule has 2 N–H and O–H groups in total. The average Bonchev–Trinajstić information content (AvgIpc) is 2.52. The molecule has 2 aliphatic heterocycles. The maximum absolute atomic E-state index is 12.1. The highest BCUT2D eigenvalue weighted by Gasteiger charge is 2.51. The van der Waals surface area contributed by atoms with Gasteiger partial charge in [-0.2, -0.15) is 0 Å². The van der Waals surface area contributed by atoms with Crippen molar-refractivity contribution < 1.29 is 19.1 Å². The summed E-state index contributed by atoms with van der Waals surface area (Å²) in [6.45, 7) is 4.91. The minimum Gasteiger partial charge on any atom is -0.445 e. The fraction of sp³-hybridized carbons (Fsp3) is 0.562. The molecule has 6 nitrogen and oxygen atoms in total. The van der Waals surface area contributed by atoms with Crippen molar-refractivity contribution in [3.8, 4) is 12.3 Å². The lowest BCUT2D eigenvalue weighted by atomic mass is 9.98. The van der Waals surface area contributed by atoms with Crippen molar-refractivity contribution >= 4 is 40.9 Å². The van der Waals surface area contributed by atoms with E-state index in [1.807, 2.05) is 0 Å². The van der Waals surface area contributed by atoms with Crippen molar-refractivity contribution in [2.24, 2.45) is 11.1 Å². The summed E-state index contributed by atoms with van der Waals surface area (Å²) in [5, 5.41) is -0.0693. The summed E-state index contributed by atoms with van der Waals surface area (Å²) < 4.78 is 10.4. The molecule has 0 bridgehead atoms. The third kappa shape index (κ3) is 3.58. The number of esters is 1. The van der Waals surface area contributed by atoms with Gasteiger partial charge in [-0.15, -0.1) is 24.1 Å². The molecule has 1 fully saturated rings. The van der Waals surface area contributed by atoms with E-state index in [4.69, 9.17) is 33.8 Å². The summed E-state index contributed by atoms with van der Waals surface area (Å²) in [5.74, 6) is 2.58. The number of thioether (sulfide) groups is 1. The maximum atomic E-state index is 12.1. The van der Waals surface area contributed by atoms with Crippen LogP contribution in [-0.2, 0) is 19.1 Å². The summed E-state index contributed by atoms with van der Waals surface area (Å²) in [6.07, 6.45) is 5.75. The zero-order valence-electron chi connectivity index (χ0n) is 13.8. The van der Waals surface area contributed by atoms with E-state index in [9.17, 15) is 9.59 Å². The highest BCUT2D eigenvalue weighted by atomic mass is 32.2. The molecule has 0 spiro atoms. The summed E-state index contributed by atoms with van der Waals surface area (Å²) in [5.41, 5.74) is 6.51. The molecular weight excluding hydrogens is 348 g/mol. The van der Waals surface area contributed by atoms with Gasteiger partial charge in [-0.3, -0.25) is 14.5 Å². The number of nitrogens with zero attached hydrogens (tertiary/aromatic N) is 1. The summed E-state index contributed by atoms with van der Waals surface area (Å²) in [4.78, 5) is 25.3. The largest absolute Gasteiger partial charge is 0.445 e. The average molecular weight is 368 g/mol. The molecule has 130 valence electrons. The molecule has 0 saturated carbocycles. The van der Waals surface area contributed by atoms with E-state index in [-0.39, 0.29) is 23.1 Å². The molecule has 0 aliphatic carbocycles. The molecule has 2 rings (SSSR count). The standard InChI is InChI=1S/C16H20N2O4S2/c1-5-6-9-7-24-13-10(17)12(19)18(13)11(9)14(23)21-8-22-15(20)16(2,3)4/h1,10,13H,6-8,17H2,2-4H3/t10-,13-/m1/s1. The first-order valence-electron chi connectivity index (χ1n) is 7.38. The van der Waals surface area contributed by atoms with E-state index >= 15 is 0 Å². The second-order valence-corrected chi connectivity index (χ2v) is 7.98. The SMILES string of the molecule is C#CCC1=C(C(=S)OCOC(=O)C(C)(C)C)N2C(=O)[C@@H](N)[C@H]2SC1. The molecule has 24 heavy (non-hydrogen) atoms. The molecule has 1 saturated heterocycles. The van der Waals surface area contributed by atoms with Gasteiger partial charge >= 0.3 is 5.97 Å². The van der Waals surface area contributed by atoms with Gasteiger partial charge in [-0.05, 0) is 38.6 Å². The number of fused-ring (bicyclic) bond motifs is 1. The first-order valence-corrected chi connectivity index (χ1v) is 8.84. The van der Waals surface area contributed by atoms with Gasteiger partial charge in [-0.25, -0.2) is 0 Å². The van der Waals surface area contributed by atoms with Crippen molar-refractivity contribution in [1.82, 2.24) is 4.90 Å². The number of rotatable bonds is 4. The van der Waals surface area contributed by atoms with Gasteiger partial charge in [0.25, 0.3) is 0 Å². The van der Waals surface area contributed by atoms with E-state index in [2.05, 4.69) is 5.92 Å². The predicted molar refractivity (Wildman–Crippen MR) is 95.6 cm³/mol. The second kappa shape index (κ2) is 7.13. The minimum absolute atomic E-state index is 0.0903. The molecule has 0 aromatic heterocycles. The summed E-state index contributed by atoms with van der Waals surface area (Å²) in [6, 6.07) is -0.543. The zero-order chi connectivity index (χ0) is 18.1. The minimum atomic E-state index is -0.633. The fourth-order valence-corrected chi connectivity index (χ4v) is 3.83. The maximum Gasteiger partial charge on any atom is 0.314 e. The second-order valence-electron chi connectivity index (χ2n) is 6.50. The van der Waals surface area contributed by atoms with Crippen LogP contribution in [0.3, 0.4) is 0 Å². The van der Waals surface area contributed by atoms with Crippen LogP contribution < -0.4 is 5.73 Å². The number of hydrogen-bond donors (Lipinski definition) is 1. The predicted octanol–water partition coefficient (Wildman–Crippen LogP) is 1.40. The number of carbonyl (C=O) groups excluding carboxylic acids is 2. The van der Waals surface area contributed by atoms with Gasteiger partial charge < -0.3 is 15.2 Å². The monoisotopic (exact) mass is 368 g/mol. The quantitative estimate of drug-likeness (QED) is 0.264. The van der Waals surface area contributed by atoms with Crippen LogP contribution in [0.15, 0.2) is 11.3 Å². The Balaban J connectivity index is 2.08. The number of hydrogen-bond acceptors (Lipinski definition) is 7. The van der Waals surface area contributed by atoms with Gasteiger partial charge in [0.15, 0.2) is 0 Å². The lowest BCUT2D eigenvalue weighted by Gasteiger charge is -2.48. The van der Waals surface area contributed by atoms with Crippen LogP contribution in [0.1, 0.15) is 27.2 Å². The van der Waals surface area contributed by atoms with Gasteiger partial charge in [0.1, 0.15) is 17.1 Å². The van der Waals surface area contributed by atoms with Crippen molar-refractivity contribution in [2.75, 3.05) is 12.5 Å².